The van der Waals surface area contributed by atoms with Crippen LogP contribution >= 0.6 is 11.8 Å². The van der Waals surface area contributed by atoms with Crippen molar-refractivity contribution in [2.75, 3.05) is 61.9 Å². The predicted molar refractivity (Wildman–Crippen MR) is 120 cm³/mol. The van der Waals surface area contributed by atoms with Crippen molar-refractivity contribution in [1.29, 1.82) is 0 Å². The van der Waals surface area contributed by atoms with Crippen LogP contribution in [0.3, 0.4) is 0 Å². The first-order valence-corrected chi connectivity index (χ1v) is 11.2. The molecule has 4 rings (SSSR count). The Labute approximate surface area is 180 Å². The largest absolute Gasteiger partial charge is 0.416 e. The standard InChI is InChI=1S/C23H26F3N3S/c1-27-10-12-28(13-11-27)22-5-3-2-4-18(22)16-21-17-29(14-15-30-21)20-8-6-19(7-9-20)23(24,25)26/h2-9,16H,10-15,17H2,1H3. The van der Waals surface area contributed by atoms with Crippen LogP contribution in [0.5, 0.6) is 0 Å². The van der Waals surface area contributed by atoms with Gasteiger partial charge in [-0.2, -0.15) is 13.2 Å². The predicted octanol–water partition coefficient (Wildman–Crippen LogP) is 5.05. The highest BCUT2D eigenvalue weighted by Crippen LogP contribution is 2.34. The summed E-state index contributed by atoms with van der Waals surface area (Å²) in [5, 5.41) is 0. The van der Waals surface area contributed by atoms with Gasteiger partial charge in [-0.05, 0) is 49.0 Å². The highest BCUT2D eigenvalue weighted by Gasteiger charge is 2.30. The summed E-state index contributed by atoms with van der Waals surface area (Å²) < 4.78 is 38.5. The minimum atomic E-state index is -4.30. The molecule has 2 fully saturated rings. The summed E-state index contributed by atoms with van der Waals surface area (Å²) in [6.45, 7) is 5.69. The Bertz CT molecular complexity index is 887. The molecular formula is C23H26F3N3S. The molecule has 0 spiro atoms. The van der Waals surface area contributed by atoms with Gasteiger partial charge in [-0.15, -0.1) is 11.8 Å². The van der Waals surface area contributed by atoms with E-state index >= 15 is 0 Å². The maximum Gasteiger partial charge on any atom is 0.416 e. The molecule has 3 nitrogen and oxygen atoms in total. The zero-order valence-corrected chi connectivity index (χ0v) is 17.8. The number of rotatable bonds is 3. The van der Waals surface area contributed by atoms with E-state index in [4.69, 9.17) is 0 Å². The summed E-state index contributed by atoms with van der Waals surface area (Å²) in [6, 6.07) is 14.0. The number of para-hydroxylation sites is 1. The van der Waals surface area contributed by atoms with Crippen molar-refractivity contribution >= 4 is 29.2 Å². The summed E-state index contributed by atoms with van der Waals surface area (Å²) in [4.78, 5) is 8.17. The van der Waals surface area contributed by atoms with E-state index in [0.29, 0.717) is 6.54 Å². The van der Waals surface area contributed by atoms with E-state index in [9.17, 15) is 13.2 Å². The van der Waals surface area contributed by atoms with Crippen molar-refractivity contribution in [3.63, 3.8) is 0 Å². The number of thioether (sulfide) groups is 1. The lowest BCUT2D eigenvalue weighted by molar-refractivity contribution is -0.137. The number of hydrogen-bond acceptors (Lipinski definition) is 4. The number of anilines is 2. The van der Waals surface area contributed by atoms with Crippen LogP contribution < -0.4 is 9.80 Å². The molecule has 2 saturated heterocycles. The Hall–Kier alpha value is -2.12. The molecule has 0 aromatic heterocycles. The number of alkyl halides is 3. The molecule has 0 N–H and O–H groups in total. The van der Waals surface area contributed by atoms with Crippen molar-refractivity contribution in [1.82, 2.24) is 4.90 Å². The molecule has 30 heavy (non-hydrogen) atoms. The lowest BCUT2D eigenvalue weighted by Gasteiger charge is -2.35. The van der Waals surface area contributed by atoms with Gasteiger partial charge in [-0.1, -0.05) is 18.2 Å². The third-order valence-corrected chi connectivity index (χ3v) is 6.66. The van der Waals surface area contributed by atoms with Crippen LogP contribution in [0, 0.1) is 0 Å². The fourth-order valence-electron chi connectivity index (χ4n) is 3.89. The van der Waals surface area contributed by atoms with Gasteiger partial charge in [0.25, 0.3) is 0 Å². The molecule has 2 aliphatic rings. The van der Waals surface area contributed by atoms with Gasteiger partial charge in [0.15, 0.2) is 0 Å². The zero-order valence-electron chi connectivity index (χ0n) is 17.0. The van der Waals surface area contributed by atoms with Crippen LogP contribution in [0.25, 0.3) is 6.08 Å². The number of halogens is 3. The van der Waals surface area contributed by atoms with Gasteiger partial charge in [0, 0.05) is 61.3 Å². The van der Waals surface area contributed by atoms with E-state index in [-0.39, 0.29) is 0 Å². The molecule has 0 aliphatic carbocycles. The molecule has 7 heteroatoms. The Balaban J connectivity index is 1.51. The monoisotopic (exact) mass is 433 g/mol. The smallest absolute Gasteiger partial charge is 0.368 e. The number of piperazine rings is 1. The van der Waals surface area contributed by atoms with Crippen molar-refractivity contribution in [3.8, 4) is 0 Å². The molecule has 0 amide bonds. The van der Waals surface area contributed by atoms with E-state index < -0.39 is 11.7 Å². The van der Waals surface area contributed by atoms with E-state index in [1.54, 1.807) is 12.1 Å². The van der Waals surface area contributed by atoms with E-state index in [0.717, 1.165) is 44.2 Å². The maximum absolute atomic E-state index is 12.8. The first-order valence-electron chi connectivity index (χ1n) is 10.2. The average Bonchev–Trinajstić information content (AvgIpc) is 2.75. The van der Waals surface area contributed by atoms with Gasteiger partial charge in [0.2, 0.25) is 0 Å². The molecule has 2 aliphatic heterocycles. The lowest BCUT2D eigenvalue weighted by Crippen LogP contribution is -2.44. The van der Waals surface area contributed by atoms with Gasteiger partial charge < -0.3 is 14.7 Å². The molecule has 0 saturated carbocycles. The topological polar surface area (TPSA) is 9.72 Å². The third kappa shape index (κ3) is 4.95. The molecule has 2 aromatic carbocycles. The molecular weight excluding hydrogens is 407 g/mol. The minimum Gasteiger partial charge on any atom is -0.368 e. The second kappa shape index (κ2) is 8.94. The van der Waals surface area contributed by atoms with Crippen LogP contribution in [0.15, 0.2) is 53.4 Å². The van der Waals surface area contributed by atoms with Crippen LogP contribution in [0.1, 0.15) is 11.1 Å². The van der Waals surface area contributed by atoms with Gasteiger partial charge in [-0.25, -0.2) is 0 Å². The summed E-state index contributed by atoms with van der Waals surface area (Å²) in [5.41, 5.74) is 2.69. The lowest BCUT2D eigenvalue weighted by atomic mass is 10.1. The fraction of sp³-hybridized carbons (Fsp3) is 0.391. The number of likely N-dealkylation sites (N-methyl/N-ethyl adjacent to an activating group) is 1. The first kappa shape index (κ1) is 21.1. The minimum absolute atomic E-state index is 0.602. The summed E-state index contributed by atoms with van der Waals surface area (Å²) >= 11 is 1.83. The summed E-state index contributed by atoms with van der Waals surface area (Å²) in [5.74, 6) is 0.920. The van der Waals surface area contributed by atoms with E-state index in [1.165, 1.54) is 28.3 Å². The van der Waals surface area contributed by atoms with Gasteiger partial charge in [0.05, 0.1) is 5.56 Å². The van der Waals surface area contributed by atoms with Crippen LogP contribution in [0.2, 0.25) is 0 Å². The van der Waals surface area contributed by atoms with Crippen molar-refractivity contribution in [3.05, 3.63) is 64.6 Å². The molecule has 0 atom stereocenters. The Morgan fingerprint density at radius 2 is 1.57 bits per heavy atom. The Kier molecular flexibility index (Phi) is 6.29. The van der Waals surface area contributed by atoms with E-state index in [2.05, 4.69) is 52.1 Å². The molecule has 2 aromatic rings. The normalized spacial score (nSPS) is 20.1. The first-order chi connectivity index (χ1) is 14.4. The maximum atomic E-state index is 12.8. The average molecular weight is 434 g/mol. The van der Waals surface area contributed by atoms with Crippen LogP contribution in [-0.4, -0.2) is 57.0 Å². The van der Waals surface area contributed by atoms with Gasteiger partial charge in [-0.3, -0.25) is 0 Å². The summed E-state index contributed by atoms with van der Waals surface area (Å²) in [6.07, 6.45) is -2.05. The Morgan fingerprint density at radius 3 is 2.27 bits per heavy atom. The summed E-state index contributed by atoms with van der Waals surface area (Å²) in [7, 11) is 2.15. The highest BCUT2D eigenvalue weighted by atomic mass is 32.2. The SMILES string of the molecule is CN1CCN(c2ccccc2C=C2CN(c3ccc(C(F)(F)F)cc3)CCS2)CC1. The molecule has 0 radical (unpaired) electrons. The molecule has 2 heterocycles. The van der Waals surface area contributed by atoms with Crippen molar-refractivity contribution in [2.45, 2.75) is 6.18 Å². The zero-order chi connectivity index (χ0) is 21.1. The molecule has 160 valence electrons. The van der Waals surface area contributed by atoms with Crippen LogP contribution in [0.4, 0.5) is 24.5 Å². The Morgan fingerprint density at radius 1 is 0.867 bits per heavy atom. The number of nitrogens with zero attached hydrogens (tertiary/aromatic N) is 3. The van der Waals surface area contributed by atoms with Crippen molar-refractivity contribution < 1.29 is 13.2 Å². The van der Waals surface area contributed by atoms with Gasteiger partial charge >= 0.3 is 6.18 Å². The molecule has 0 bridgehead atoms. The van der Waals surface area contributed by atoms with E-state index in [1.807, 2.05) is 11.8 Å². The second-order valence-electron chi connectivity index (χ2n) is 7.77. The number of hydrogen-bond donors (Lipinski definition) is 0. The third-order valence-electron chi connectivity index (χ3n) is 5.65. The van der Waals surface area contributed by atoms with Crippen LogP contribution in [-0.2, 0) is 6.18 Å². The van der Waals surface area contributed by atoms with Crippen molar-refractivity contribution in [2.24, 2.45) is 0 Å². The molecule has 0 unspecified atom stereocenters. The second-order valence-corrected chi connectivity index (χ2v) is 9.00. The fourth-order valence-corrected chi connectivity index (χ4v) is 4.92. The van der Waals surface area contributed by atoms with Gasteiger partial charge in [0.1, 0.15) is 0 Å². The highest BCUT2D eigenvalue weighted by molar-refractivity contribution is 8.03. The number of benzene rings is 2. The quantitative estimate of drug-likeness (QED) is 0.670.